The highest BCUT2D eigenvalue weighted by Gasteiger charge is 2.24. The number of rotatable bonds is 9. The highest BCUT2D eigenvalue weighted by molar-refractivity contribution is 5.43. The Morgan fingerprint density at radius 1 is 1.24 bits per heavy atom. The molecule has 0 aliphatic heterocycles. The fraction of sp³-hybridized carbons (Fsp3) is 0.647. The van der Waals surface area contributed by atoms with Gasteiger partial charge in [-0.2, -0.15) is 0 Å². The van der Waals surface area contributed by atoms with Gasteiger partial charge in [0.2, 0.25) is 0 Å². The normalized spacial score (nSPS) is 16.0. The molecule has 2 rings (SSSR count). The Kier molecular flexibility index (Phi) is 5.88. The van der Waals surface area contributed by atoms with E-state index in [9.17, 15) is 0 Å². The van der Waals surface area contributed by atoms with Gasteiger partial charge in [0.15, 0.2) is 11.5 Å². The number of likely N-dealkylation sites (N-methyl/N-ethyl adjacent to an activating group) is 2. The second-order valence-corrected chi connectivity index (χ2v) is 5.89. The average Bonchev–Trinajstić information content (AvgIpc) is 3.29. The number of hydrogen-bond acceptors (Lipinski definition) is 4. The minimum atomic E-state index is 0.318. The first kappa shape index (κ1) is 16.1. The van der Waals surface area contributed by atoms with Crippen molar-refractivity contribution in [2.75, 3.05) is 40.9 Å². The maximum absolute atomic E-state index is 5.42. The first-order valence-corrected chi connectivity index (χ1v) is 7.81. The largest absolute Gasteiger partial charge is 0.493 e. The summed E-state index contributed by atoms with van der Waals surface area (Å²) in [6, 6.07) is 6.51. The van der Waals surface area contributed by atoms with Gasteiger partial charge in [-0.1, -0.05) is 13.0 Å². The monoisotopic (exact) mass is 292 g/mol. The van der Waals surface area contributed by atoms with Crippen LogP contribution in [0.1, 0.15) is 31.4 Å². The van der Waals surface area contributed by atoms with Crippen LogP contribution in [0, 0.1) is 5.92 Å². The van der Waals surface area contributed by atoms with Crippen molar-refractivity contribution in [3.05, 3.63) is 23.8 Å². The van der Waals surface area contributed by atoms with Crippen LogP contribution in [0.3, 0.4) is 0 Å². The van der Waals surface area contributed by atoms with Crippen molar-refractivity contribution in [3.63, 3.8) is 0 Å². The number of methoxy groups -OCH3 is 2. The number of benzene rings is 1. The Morgan fingerprint density at radius 3 is 2.52 bits per heavy atom. The SMILES string of the molecule is CCNC(CN(C)CC1CC1)c1ccc(OC)c(OC)c1. The minimum Gasteiger partial charge on any atom is -0.493 e. The summed E-state index contributed by atoms with van der Waals surface area (Å²) in [5, 5.41) is 3.57. The number of hydrogen-bond donors (Lipinski definition) is 1. The van der Waals surface area contributed by atoms with Crippen LogP contribution in [0.4, 0.5) is 0 Å². The van der Waals surface area contributed by atoms with E-state index >= 15 is 0 Å². The van der Waals surface area contributed by atoms with Gasteiger partial charge in [-0.25, -0.2) is 0 Å². The molecule has 0 radical (unpaired) electrons. The Bertz CT molecular complexity index is 446. The Labute approximate surface area is 128 Å². The van der Waals surface area contributed by atoms with Crippen LogP contribution in [0.25, 0.3) is 0 Å². The van der Waals surface area contributed by atoms with E-state index in [2.05, 4.69) is 36.3 Å². The molecule has 0 spiro atoms. The zero-order valence-corrected chi connectivity index (χ0v) is 13.7. The van der Waals surface area contributed by atoms with E-state index in [4.69, 9.17) is 9.47 Å². The molecule has 0 saturated heterocycles. The van der Waals surface area contributed by atoms with E-state index in [1.807, 2.05) is 6.07 Å². The molecule has 1 N–H and O–H groups in total. The van der Waals surface area contributed by atoms with Gasteiger partial charge < -0.3 is 19.7 Å². The maximum Gasteiger partial charge on any atom is 0.161 e. The molecule has 4 heteroatoms. The lowest BCUT2D eigenvalue weighted by atomic mass is 10.1. The quantitative estimate of drug-likeness (QED) is 0.759. The second-order valence-electron chi connectivity index (χ2n) is 5.89. The lowest BCUT2D eigenvalue weighted by molar-refractivity contribution is 0.281. The van der Waals surface area contributed by atoms with Gasteiger partial charge in [0.1, 0.15) is 0 Å². The third-order valence-corrected chi connectivity index (χ3v) is 4.02. The van der Waals surface area contributed by atoms with Crippen molar-refractivity contribution < 1.29 is 9.47 Å². The zero-order chi connectivity index (χ0) is 15.2. The first-order chi connectivity index (χ1) is 10.2. The van der Waals surface area contributed by atoms with Gasteiger partial charge >= 0.3 is 0 Å². The van der Waals surface area contributed by atoms with Crippen LogP contribution >= 0.6 is 0 Å². The van der Waals surface area contributed by atoms with Gasteiger partial charge in [0.25, 0.3) is 0 Å². The average molecular weight is 292 g/mol. The number of nitrogens with zero attached hydrogens (tertiary/aromatic N) is 1. The van der Waals surface area contributed by atoms with Gasteiger partial charge in [0, 0.05) is 19.1 Å². The highest BCUT2D eigenvalue weighted by atomic mass is 16.5. The predicted molar refractivity (Wildman–Crippen MR) is 86.2 cm³/mol. The van der Waals surface area contributed by atoms with E-state index in [-0.39, 0.29) is 0 Å². The summed E-state index contributed by atoms with van der Waals surface area (Å²) >= 11 is 0. The molecule has 0 aromatic heterocycles. The lowest BCUT2D eigenvalue weighted by Gasteiger charge is -2.25. The molecule has 1 aliphatic rings. The highest BCUT2D eigenvalue weighted by Crippen LogP contribution is 2.32. The fourth-order valence-electron chi connectivity index (χ4n) is 2.73. The zero-order valence-electron chi connectivity index (χ0n) is 13.7. The van der Waals surface area contributed by atoms with E-state index in [0.29, 0.717) is 6.04 Å². The third kappa shape index (κ3) is 4.61. The summed E-state index contributed by atoms with van der Waals surface area (Å²) in [6.07, 6.45) is 2.79. The maximum atomic E-state index is 5.42. The smallest absolute Gasteiger partial charge is 0.161 e. The summed E-state index contributed by atoms with van der Waals surface area (Å²) in [4.78, 5) is 2.43. The van der Waals surface area contributed by atoms with Crippen molar-refractivity contribution in [1.82, 2.24) is 10.2 Å². The third-order valence-electron chi connectivity index (χ3n) is 4.02. The summed E-state index contributed by atoms with van der Waals surface area (Å²) in [5.41, 5.74) is 1.25. The van der Waals surface area contributed by atoms with Gasteiger partial charge in [-0.15, -0.1) is 0 Å². The van der Waals surface area contributed by atoms with Crippen molar-refractivity contribution in [3.8, 4) is 11.5 Å². The molecule has 0 bridgehead atoms. The molecule has 1 aromatic rings. The molecule has 118 valence electrons. The molecule has 1 unspecified atom stereocenters. The minimum absolute atomic E-state index is 0.318. The Balaban J connectivity index is 2.08. The summed E-state index contributed by atoms with van der Waals surface area (Å²) in [6.45, 7) is 5.32. The molecule has 0 amide bonds. The van der Waals surface area contributed by atoms with E-state index in [1.165, 1.54) is 24.9 Å². The molecule has 1 fully saturated rings. The molecule has 1 saturated carbocycles. The topological polar surface area (TPSA) is 33.7 Å². The van der Waals surface area contributed by atoms with Gasteiger partial charge in [0.05, 0.1) is 14.2 Å². The van der Waals surface area contributed by atoms with E-state index < -0.39 is 0 Å². The molecule has 1 atom stereocenters. The van der Waals surface area contributed by atoms with Crippen LogP contribution < -0.4 is 14.8 Å². The van der Waals surface area contributed by atoms with Crippen molar-refractivity contribution in [2.45, 2.75) is 25.8 Å². The summed E-state index contributed by atoms with van der Waals surface area (Å²) in [7, 11) is 5.56. The van der Waals surface area contributed by atoms with Crippen molar-refractivity contribution in [2.24, 2.45) is 5.92 Å². The standard InChI is InChI=1S/C17H28N2O2/c1-5-18-15(12-19(2)11-13-6-7-13)14-8-9-16(20-3)17(10-14)21-4/h8-10,13,15,18H,5-7,11-12H2,1-4H3. The van der Waals surface area contributed by atoms with E-state index in [0.717, 1.165) is 30.5 Å². The number of nitrogens with one attached hydrogen (secondary N) is 1. The molecule has 4 nitrogen and oxygen atoms in total. The van der Waals surface area contributed by atoms with Crippen molar-refractivity contribution in [1.29, 1.82) is 0 Å². The number of ether oxygens (including phenoxy) is 2. The van der Waals surface area contributed by atoms with Crippen LogP contribution in [0.15, 0.2) is 18.2 Å². The Hall–Kier alpha value is -1.26. The molecule has 0 heterocycles. The second kappa shape index (κ2) is 7.66. The fourth-order valence-corrected chi connectivity index (χ4v) is 2.73. The summed E-state index contributed by atoms with van der Waals surface area (Å²) < 4.78 is 10.7. The molecule has 1 aliphatic carbocycles. The lowest BCUT2D eigenvalue weighted by Crippen LogP contribution is -2.34. The van der Waals surface area contributed by atoms with E-state index in [1.54, 1.807) is 14.2 Å². The summed E-state index contributed by atoms with van der Waals surface area (Å²) in [5.74, 6) is 2.49. The predicted octanol–water partition coefficient (Wildman–Crippen LogP) is 2.70. The first-order valence-electron chi connectivity index (χ1n) is 7.81. The Morgan fingerprint density at radius 2 is 1.95 bits per heavy atom. The van der Waals surface area contributed by atoms with Crippen LogP contribution in [-0.4, -0.2) is 45.8 Å². The molecular formula is C17H28N2O2. The van der Waals surface area contributed by atoms with Gasteiger partial charge in [-0.05, 0) is 50.0 Å². The van der Waals surface area contributed by atoms with Crippen molar-refractivity contribution >= 4 is 0 Å². The van der Waals surface area contributed by atoms with Crippen LogP contribution in [0.5, 0.6) is 11.5 Å². The molecular weight excluding hydrogens is 264 g/mol. The van der Waals surface area contributed by atoms with Crippen LogP contribution in [0.2, 0.25) is 0 Å². The molecule has 21 heavy (non-hydrogen) atoms. The van der Waals surface area contributed by atoms with Crippen LogP contribution in [-0.2, 0) is 0 Å². The molecule has 1 aromatic carbocycles. The van der Waals surface area contributed by atoms with Gasteiger partial charge in [-0.3, -0.25) is 0 Å².